The number of hydrogen-bond acceptors (Lipinski definition) is 2. The maximum atomic E-state index is 12.4. The summed E-state index contributed by atoms with van der Waals surface area (Å²) in [4.78, 5) is 12.4. The quantitative estimate of drug-likeness (QED) is 0.918. The average molecular weight is 275 g/mol. The lowest BCUT2D eigenvalue weighted by molar-refractivity contribution is 0.0905. The largest absolute Gasteiger partial charge is 0.348 e. The van der Waals surface area contributed by atoms with Crippen LogP contribution in [-0.2, 0) is 13.5 Å². The van der Waals surface area contributed by atoms with E-state index in [1.165, 1.54) is 25.7 Å². The van der Waals surface area contributed by atoms with E-state index in [0.29, 0.717) is 11.6 Å². The summed E-state index contributed by atoms with van der Waals surface area (Å²) in [7, 11) is 1.84. The van der Waals surface area contributed by atoms with E-state index in [2.05, 4.69) is 24.3 Å². The maximum absolute atomic E-state index is 12.4. The third kappa shape index (κ3) is 2.36. The Bertz CT molecular complexity index is 508. The second-order valence-corrected chi connectivity index (χ2v) is 6.60. The zero-order chi connectivity index (χ0) is 14.3. The van der Waals surface area contributed by atoms with Crippen molar-refractivity contribution < 1.29 is 4.79 Å². The van der Waals surface area contributed by atoms with Crippen LogP contribution in [0, 0.1) is 17.8 Å². The first-order chi connectivity index (χ1) is 9.58. The van der Waals surface area contributed by atoms with Crippen molar-refractivity contribution in [2.45, 2.75) is 52.0 Å². The second kappa shape index (κ2) is 5.23. The van der Waals surface area contributed by atoms with Crippen molar-refractivity contribution in [2.24, 2.45) is 24.8 Å². The Labute approximate surface area is 120 Å². The number of hydrogen-bond donors (Lipinski definition) is 1. The van der Waals surface area contributed by atoms with Crippen LogP contribution in [0.25, 0.3) is 0 Å². The standard InChI is InChI=1S/C16H25N3O/c1-4-13-9-15(19(3)18-13)16(20)17-10(2)14-8-11-5-6-12(14)7-11/h9-12,14H,4-8H2,1-3H3,(H,17,20)/t10-,11-,12-,14-/m1/s1. The summed E-state index contributed by atoms with van der Waals surface area (Å²) in [5.74, 6) is 2.47. The van der Waals surface area contributed by atoms with Gasteiger partial charge in [0.15, 0.2) is 0 Å². The number of nitrogens with one attached hydrogen (secondary N) is 1. The molecule has 2 aliphatic rings. The normalized spacial score (nSPS) is 29.6. The van der Waals surface area contributed by atoms with Crippen molar-refractivity contribution in [3.8, 4) is 0 Å². The topological polar surface area (TPSA) is 46.9 Å². The molecule has 2 aliphatic carbocycles. The van der Waals surface area contributed by atoms with Crippen molar-refractivity contribution in [1.82, 2.24) is 15.1 Å². The zero-order valence-electron chi connectivity index (χ0n) is 12.7. The van der Waals surface area contributed by atoms with Crippen LogP contribution >= 0.6 is 0 Å². The highest BCUT2D eigenvalue weighted by atomic mass is 16.2. The van der Waals surface area contributed by atoms with E-state index >= 15 is 0 Å². The maximum Gasteiger partial charge on any atom is 0.269 e. The number of rotatable bonds is 4. The summed E-state index contributed by atoms with van der Waals surface area (Å²) in [6.07, 6.45) is 6.32. The molecule has 4 nitrogen and oxygen atoms in total. The first-order valence-corrected chi connectivity index (χ1v) is 7.92. The molecule has 0 saturated heterocycles. The molecule has 110 valence electrons. The van der Waals surface area contributed by atoms with Crippen molar-refractivity contribution >= 4 is 5.91 Å². The molecule has 4 heteroatoms. The van der Waals surface area contributed by atoms with Gasteiger partial charge < -0.3 is 5.32 Å². The fourth-order valence-electron chi connectivity index (χ4n) is 4.21. The number of carbonyl (C=O) groups excluding carboxylic acids is 1. The number of aryl methyl sites for hydroxylation is 2. The molecular weight excluding hydrogens is 250 g/mol. The Morgan fingerprint density at radius 3 is 2.85 bits per heavy atom. The Morgan fingerprint density at radius 1 is 1.50 bits per heavy atom. The minimum Gasteiger partial charge on any atom is -0.348 e. The van der Waals surface area contributed by atoms with E-state index in [-0.39, 0.29) is 11.9 Å². The average Bonchev–Trinajstić information content (AvgIpc) is 3.12. The fourth-order valence-corrected chi connectivity index (χ4v) is 4.21. The molecule has 1 aromatic rings. The molecule has 4 atom stereocenters. The summed E-state index contributed by atoms with van der Waals surface area (Å²) in [5, 5.41) is 7.55. The zero-order valence-corrected chi connectivity index (χ0v) is 12.7. The van der Waals surface area contributed by atoms with Gasteiger partial charge in [-0.15, -0.1) is 0 Å². The number of nitrogens with zero attached hydrogens (tertiary/aromatic N) is 2. The van der Waals surface area contributed by atoms with Gasteiger partial charge in [0, 0.05) is 13.1 Å². The molecule has 1 N–H and O–H groups in total. The first kappa shape index (κ1) is 13.7. The van der Waals surface area contributed by atoms with Crippen molar-refractivity contribution in [3.05, 3.63) is 17.5 Å². The van der Waals surface area contributed by atoms with Gasteiger partial charge in [0.2, 0.25) is 0 Å². The molecule has 0 unspecified atom stereocenters. The predicted molar refractivity (Wildman–Crippen MR) is 78.5 cm³/mol. The Morgan fingerprint density at radius 2 is 2.30 bits per heavy atom. The van der Waals surface area contributed by atoms with Crippen molar-refractivity contribution in [2.75, 3.05) is 0 Å². The van der Waals surface area contributed by atoms with Gasteiger partial charge in [-0.3, -0.25) is 9.48 Å². The smallest absolute Gasteiger partial charge is 0.269 e. The van der Waals surface area contributed by atoms with E-state index in [1.54, 1.807) is 4.68 Å². The van der Waals surface area contributed by atoms with Crippen LogP contribution in [0.1, 0.15) is 55.7 Å². The van der Waals surface area contributed by atoms with Crippen molar-refractivity contribution in [3.63, 3.8) is 0 Å². The van der Waals surface area contributed by atoms with Gasteiger partial charge in [-0.05, 0) is 56.4 Å². The number of carbonyl (C=O) groups is 1. The molecule has 2 fully saturated rings. The molecule has 0 aliphatic heterocycles. The van der Waals surface area contributed by atoms with Gasteiger partial charge in [-0.2, -0.15) is 5.10 Å². The summed E-state index contributed by atoms with van der Waals surface area (Å²) in [5.41, 5.74) is 1.65. The highest BCUT2D eigenvalue weighted by Crippen LogP contribution is 2.49. The molecule has 1 heterocycles. The summed E-state index contributed by atoms with van der Waals surface area (Å²) >= 11 is 0. The molecule has 1 amide bonds. The van der Waals surface area contributed by atoms with Crippen LogP contribution in [0.5, 0.6) is 0 Å². The van der Waals surface area contributed by atoms with Gasteiger partial charge in [0.05, 0.1) is 5.69 Å². The summed E-state index contributed by atoms with van der Waals surface area (Å²) < 4.78 is 1.70. The Balaban J connectivity index is 1.64. The van der Waals surface area contributed by atoms with Crippen LogP contribution in [0.3, 0.4) is 0 Å². The molecule has 2 saturated carbocycles. The van der Waals surface area contributed by atoms with E-state index in [1.807, 2.05) is 13.1 Å². The van der Waals surface area contributed by atoms with E-state index in [9.17, 15) is 4.79 Å². The van der Waals surface area contributed by atoms with Gasteiger partial charge in [0.25, 0.3) is 5.91 Å². The highest BCUT2D eigenvalue weighted by Gasteiger charge is 2.42. The minimum absolute atomic E-state index is 0.0231. The van der Waals surface area contributed by atoms with Gasteiger partial charge >= 0.3 is 0 Å². The van der Waals surface area contributed by atoms with Gasteiger partial charge in [0.1, 0.15) is 5.69 Å². The van der Waals surface area contributed by atoms with Crippen LogP contribution < -0.4 is 5.32 Å². The number of amides is 1. The van der Waals surface area contributed by atoms with Crippen LogP contribution in [0.2, 0.25) is 0 Å². The number of aromatic nitrogens is 2. The third-order valence-corrected chi connectivity index (χ3v) is 5.32. The summed E-state index contributed by atoms with van der Waals surface area (Å²) in [6.45, 7) is 4.22. The number of fused-ring (bicyclic) bond motifs is 2. The third-order valence-electron chi connectivity index (χ3n) is 5.32. The lowest BCUT2D eigenvalue weighted by Gasteiger charge is -2.28. The van der Waals surface area contributed by atoms with Crippen LogP contribution in [0.15, 0.2) is 6.07 Å². The highest BCUT2D eigenvalue weighted by molar-refractivity contribution is 5.92. The predicted octanol–water partition coefficient (Wildman–Crippen LogP) is 2.54. The Kier molecular flexibility index (Phi) is 3.57. The van der Waals surface area contributed by atoms with Gasteiger partial charge in [-0.1, -0.05) is 13.3 Å². The van der Waals surface area contributed by atoms with E-state index < -0.39 is 0 Å². The molecule has 0 spiro atoms. The molecule has 2 bridgehead atoms. The van der Waals surface area contributed by atoms with Crippen LogP contribution in [-0.4, -0.2) is 21.7 Å². The van der Waals surface area contributed by atoms with Crippen molar-refractivity contribution in [1.29, 1.82) is 0 Å². The fraction of sp³-hybridized carbons (Fsp3) is 0.750. The lowest BCUT2D eigenvalue weighted by Crippen LogP contribution is -2.40. The molecule has 1 aromatic heterocycles. The first-order valence-electron chi connectivity index (χ1n) is 7.92. The van der Waals surface area contributed by atoms with Crippen LogP contribution in [0.4, 0.5) is 0 Å². The minimum atomic E-state index is 0.0231. The summed E-state index contributed by atoms with van der Waals surface area (Å²) in [6, 6.07) is 2.18. The van der Waals surface area contributed by atoms with E-state index in [4.69, 9.17) is 0 Å². The molecule has 0 aromatic carbocycles. The second-order valence-electron chi connectivity index (χ2n) is 6.60. The molecular formula is C16H25N3O. The molecule has 3 rings (SSSR count). The monoisotopic (exact) mass is 275 g/mol. The lowest BCUT2D eigenvalue weighted by atomic mass is 9.84. The molecule has 0 radical (unpaired) electrons. The Hall–Kier alpha value is -1.32. The SMILES string of the molecule is CCc1cc(C(=O)N[C@H](C)[C@H]2C[C@@H]3CC[C@@H]2C3)n(C)n1. The molecule has 20 heavy (non-hydrogen) atoms. The van der Waals surface area contributed by atoms with E-state index in [0.717, 1.165) is 24.0 Å². The van der Waals surface area contributed by atoms with Gasteiger partial charge in [-0.25, -0.2) is 0 Å².